The van der Waals surface area contributed by atoms with Crippen LogP contribution in [0.15, 0.2) is 40.8 Å². The van der Waals surface area contributed by atoms with Crippen molar-refractivity contribution in [2.24, 2.45) is 11.7 Å². The third-order valence-corrected chi connectivity index (χ3v) is 4.64. The normalized spacial score (nSPS) is 16.7. The predicted molar refractivity (Wildman–Crippen MR) is 91.7 cm³/mol. The molecule has 3 rings (SSSR count). The molecule has 1 aromatic heterocycles. The third-order valence-electron chi connectivity index (χ3n) is 4.64. The van der Waals surface area contributed by atoms with Crippen molar-refractivity contribution in [1.29, 1.82) is 0 Å². The minimum Gasteiger partial charge on any atom is -0.486 e. The molecule has 5 nitrogen and oxygen atoms in total. The first-order valence-corrected chi connectivity index (χ1v) is 8.55. The molecule has 1 amide bonds. The Morgan fingerprint density at radius 1 is 1.28 bits per heavy atom. The molecule has 1 saturated heterocycles. The van der Waals surface area contributed by atoms with E-state index in [1.54, 1.807) is 24.3 Å². The predicted octanol–water partition coefficient (Wildman–Crippen LogP) is 3.20. The molecule has 0 aliphatic carbocycles. The van der Waals surface area contributed by atoms with E-state index < -0.39 is 0 Å². The van der Waals surface area contributed by atoms with Crippen LogP contribution in [0.25, 0.3) is 0 Å². The highest BCUT2D eigenvalue weighted by Crippen LogP contribution is 2.22. The Hall–Kier alpha value is -2.34. The molecule has 2 N–H and O–H groups in total. The maximum atomic E-state index is 12.9. The van der Waals surface area contributed by atoms with Gasteiger partial charge in [-0.1, -0.05) is 0 Å². The Balaban J connectivity index is 1.54. The molecule has 134 valence electrons. The first-order valence-electron chi connectivity index (χ1n) is 8.55. The lowest BCUT2D eigenvalue weighted by atomic mass is 9.91. The van der Waals surface area contributed by atoms with Gasteiger partial charge in [-0.2, -0.15) is 0 Å². The molecule has 6 heteroatoms. The van der Waals surface area contributed by atoms with Crippen molar-refractivity contribution in [2.75, 3.05) is 13.1 Å². The molecule has 0 spiro atoms. The largest absolute Gasteiger partial charge is 0.486 e. The van der Waals surface area contributed by atoms with Gasteiger partial charge in [0.05, 0.1) is 0 Å². The van der Waals surface area contributed by atoms with Gasteiger partial charge >= 0.3 is 0 Å². The summed E-state index contributed by atoms with van der Waals surface area (Å²) in [6, 6.07) is 9.32. The van der Waals surface area contributed by atoms with Gasteiger partial charge < -0.3 is 19.8 Å². The summed E-state index contributed by atoms with van der Waals surface area (Å²) in [5, 5.41) is 0. The minimum absolute atomic E-state index is 0.101. The van der Waals surface area contributed by atoms with Crippen LogP contribution in [0.1, 0.15) is 36.1 Å². The van der Waals surface area contributed by atoms with E-state index in [1.165, 1.54) is 12.1 Å². The molecule has 1 aliphatic heterocycles. The van der Waals surface area contributed by atoms with Crippen molar-refractivity contribution in [3.05, 3.63) is 53.7 Å². The van der Waals surface area contributed by atoms with E-state index in [9.17, 15) is 9.18 Å². The molecule has 1 fully saturated rings. The molecule has 25 heavy (non-hydrogen) atoms. The Bertz CT molecular complexity index is 704. The lowest BCUT2D eigenvalue weighted by Gasteiger charge is -2.33. The fourth-order valence-corrected chi connectivity index (χ4v) is 3.04. The fourth-order valence-electron chi connectivity index (χ4n) is 3.04. The average molecular weight is 346 g/mol. The van der Waals surface area contributed by atoms with E-state index in [2.05, 4.69) is 0 Å². The molecular formula is C19H23FN2O3. The smallest absolute Gasteiger partial charge is 0.289 e. The topological polar surface area (TPSA) is 68.7 Å². The summed E-state index contributed by atoms with van der Waals surface area (Å²) < 4.78 is 24.0. The van der Waals surface area contributed by atoms with Crippen LogP contribution in [0.4, 0.5) is 4.39 Å². The first kappa shape index (κ1) is 17.5. The van der Waals surface area contributed by atoms with Crippen molar-refractivity contribution in [1.82, 2.24) is 4.90 Å². The molecule has 1 atom stereocenters. The first-order chi connectivity index (χ1) is 12.0. The summed E-state index contributed by atoms with van der Waals surface area (Å²) in [7, 11) is 0. The monoisotopic (exact) mass is 346 g/mol. The van der Waals surface area contributed by atoms with E-state index >= 15 is 0 Å². The molecule has 2 aromatic rings. The number of furan rings is 1. The van der Waals surface area contributed by atoms with Gasteiger partial charge in [-0.05, 0) is 62.1 Å². The Labute approximate surface area is 146 Å². The number of rotatable bonds is 5. The van der Waals surface area contributed by atoms with Crippen molar-refractivity contribution < 1.29 is 18.3 Å². The van der Waals surface area contributed by atoms with Crippen LogP contribution < -0.4 is 10.5 Å². The maximum absolute atomic E-state index is 12.9. The number of carbonyl (C=O) groups excluding carboxylic acids is 1. The second-order valence-corrected chi connectivity index (χ2v) is 6.50. The average Bonchev–Trinajstić information content (AvgIpc) is 3.10. The number of piperidine rings is 1. The molecule has 0 bridgehead atoms. The van der Waals surface area contributed by atoms with Crippen molar-refractivity contribution in [3.63, 3.8) is 0 Å². The summed E-state index contributed by atoms with van der Waals surface area (Å²) in [4.78, 5) is 14.3. The number of ether oxygens (including phenoxy) is 1. The Morgan fingerprint density at radius 2 is 1.96 bits per heavy atom. The van der Waals surface area contributed by atoms with Crippen molar-refractivity contribution in [2.45, 2.75) is 32.4 Å². The Morgan fingerprint density at radius 3 is 2.60 bits per heavy atom. The zero-order chi connectivity index (χ0) is 17.8. The van der Waals surface area contributed by atoms with Crippen LogP contribution in [0, 0.1) is 11.7 Å². The number of nitrogens with two attached hydrogens (primary N) is 1. The number of hydrogen-bond acceptors (Lipinski definition) is 4. The number of hydrogen-bond donors (Lipinski definition) is 1. The van der Waals surface area contributed by atoms with Gasteiger partial charge in [-0.15, -0.1) is 0 Å². The molecule has 0 saturated carbocycles. The van der Waals surface area contributed by atoms with Gasteiger partial charge in [-0.25, -0.2) is 4.39 Å². The van der Waals surface area contributed by atoms with Crippen LogP contribution in [0.2, 0.25) is 0 Å². The van der Waals surface area contributed by atoms with Crippen LogP contribution >= 0.6 is 0 Å². The van der Waals surface area contributed by atoms with Gasteiger partial charge in [-0.3, -0.25) is 4.79 Å². The van der Waals surface area contributed by atoms with Crippen LogP contribution in [0.3, 0.4) is 0 Å². The second-order valence-electron chi connectivity index (χ2n) is 6.50. The molecule has 1 aromatic carbocycles. The maximum Gasteiger partial charge on any atom is 0.289 e. The number of amides is 1. The third kappa shape index (κ3) is 4.39. The Kier molecular flexibility index (Phi) is 5.38. The van der Waals surface area contributed by atoms with Crippen LogP contribution in [0.5, 0.6) is 5.75 Å². The highest BCUT2D eigenvalue weighted by atomic mass is 19.1. The van der Waals surface area contributed by atoms with E-state index in [1.807, 2.05) is 11.8 Å². The van der Waals surface area contributed by atoms with E-state index in [0.29, 0.717) is 36.3 Å². The summed E-state index contributed by atoms with van der Waals surface area (Å²) in [5.41, 5.74) is 5.94. The number of carbonyl (C=O) groups is 1. The minimum atomic E-state index is -0.314. The highest BCUT2D eigenvalue weighted by molar-refractivity contribution is 5.91. The number of halogens is 1. The molecular weight excluding hydrogens is 323 g/mol. The van der Waals surface area contributed by atoms with Crippen LogP contribution in [-0.4, -0.2) is 29.9 Å². The SMILES string of the molecule is CC(N)C1CCN(C(=O)c2ccc(COc3ccc(F)cc3)o2)CC1. The number of nitrogens with zero attached hydrogens (tertiary/aromatic N) is 1. The summed E-state index contributed by atoms with van der Waals surface area (Å²) in [5.74, 6) is 1.47. The zero-order valence-corrected chi connectivity index (χ0v) is 14.3. The molecule has 1 aliphatic rings. The summed E-state index contributed by atoms with van der Waals surface area (Å²) in [6.45, 7) is 3.61. The van der Waals surface area contributed by atoms with Crippen molar-refractivity contribution >= 4 is 5.91 Å². The van der Waals surface area contributed by atoms with Gasteiger partial charge in [0.15, 0.2) is 5.76 Å². The van der Waals surface area contributed by atoms with E-state index in [4.69, 9.17) is 14.9 Å². The highest BCUT2D eigenvalue weighted by Gasteiger charge is 2.26. The quantitative estimate of drug-likeness (QED) is 0.903. The fraction of sp³-hybridized carbons (Fsp3) is 0.421. The lowest BCUT2D eigenvalue weighted by Crippen LogP contribution is -2.42. The van der Waals surface area contributed by atoms with Crippen LogP contribution in [-0.2, 0) is 6.61 Å². The standard InChI is InChI=1S/C19H23FN2O3/c1-13(21)14-8-10-22(11-9-14)19(23)18-7-6-17(25-18)12-24-16-4-2-15(20)3-5-16/h2-7,13-14H,8-12,21H2,1H3. The summed E-state index contributed by atoms with van der Waals surface area (Å²) in [6.07, 6.45) is 1.84. The molecule has 0 radical (unpaired) electrons. The molecule has 1 unspecified atom stereocenters. The number of benzene rings is 1. The zero-order valence-electron chi connectivity index (χ0n) is 14.3. The molecule has 2 heterocycles. The summed E-state index contributed by atoms with van der Waals surface area (Å²) >= 11 is 0. The number of likely N-dealkylation sites (tertiary alicyclic amines) is 1. The second kappa shape index (κ2) is 7.70. The van der Waals surface area contributed by atoms with Crippen molar-refractivity contribution in [3.8, 4) is 5.75 Å². The van der Waals surface area contributed by atoms with Gasteiger partial charge in [0, 0.05) is 19.1 Å². The van der Waals surface area contributed by atoms with Gasteiger partial charge in [0.2, 0.25) is 0 Å². The van der Waals surface area contributed by atoms with Gasteiger partial charge in [0.1, 0.15) is 23.9 Å². The van der Waals surface area contributed by atoms with Gasteiger partial charge in [0.25, 0.3) is 5.91 Å². The van der Waals surface area contributed by atoms with E-state index in [-0.39, 0.29) is 24.4 Å². The lowest BCUT2D eigenvalue weighted by molar-refractivity contribution is 0.0645. The van der Waals surface area contributed by atoms with E-state index in [0.717, 1.165) is 12.8 Å².